The Labute approximate surface area is 583 Å². The summed E-state index contributed by atoms with van der Waals surface area (Å²) >= 11 is 0. The molecule has 9 saturated heterocycles. The monoisotopic (exact) mass is 1410 g/mol. The molecule has 24 atom stereocenters. The van der Waals surface area contributed by atoms with Crippen LogP contribution < -0.4 is 0 Å². The molecule has 0 unspecified atom stereocenters. The summed E-state index contributed by atoms with van der Waals surface area (Å²) in [7, 11) is 0. The third-order valence-electron chi connectivity index (χ3n) is 20.7. The van der Waals surface area contributed by atoms with Crippen LogP contribution >= 0.6 is 0 Å². The zero-order chi connectivity index (χ0) is 75.2. The van der Waals surface area contributed by atoms with Crippen molar-refractivity contribution in [2.24, 2.45) is 47.3 Å². The van der Waals surface area contributed by atoms with Gasteiger partial charge in [-0.1, -0.05) is 92.5 Å². The molecule has 100 heavy (non-hydrogen) atoms. The lowest BCUT2D eigenvalue weighted by Gasteiger charge is -2.41. The number of carbonyl (C=O) groups excluding carboxylic acids is 9. The maximum atomic E-state index is 12.8. The predicted molar refractivity (Wildman–Crippen MR) is 351 cm³/mol. The molecule has 0 aliphatic carbocycles. The molecule has 0 amide bonds. The second kappa shape index (κ2) is 30.5. The standard InChI is InChI=1S/C25H36O9.C24H34O9.C24H32O9/c1-8-13(4)22(27)33-20-18-15(6)23(28)32-19(18)21(31-17(26)9-12(2)3)24(7,29)11-16-10-14(5)25(20,30)34-16;1-8-12(4)21(26)31-18-16-14(6)22(27)30-17(16)19(32-20(25)11(2)3)23(7,28)10-15-9-13(5)24(18,29)33-15;1-7-9-16(25)30-20-18-17(14(5)22(27)31-18)19(32-21(26)12(3)8-2)24(29)13(4)10-15(33-24)11-23(20,6)28/h8,12,14,16,18-21,29-30H,6,9-11H2,1-5,7H3;8,11,13,15-19,28-29H,6,9-10H2,1-5,7H3;7-9,13,15,17-20,28-29H,5,10-11H2,1-4,6H3/b13-8-;12-8-;9-7-,12-8-/t14-,16+,18+,19+,20-,21-,24+,25-;13-,15+,16+,17+,18-,19-,23+,24-;13-,15+,17+,18+,19-,20-,23+,24-/m000/s1. The minimum atomic E-state index is -1.98. The topological polar surface area (TPSA) is 386 Å². The van der Waals surface area contributed by atoms with Crippen LogP contribution in [0.1, 0.15) is 163 Å². The number of allylic oxidation sites excluding steroid dienone is 4. The highest BCUT2D eigenvalue weighted by Crippen LogP contribution is 2.54. The van der Waals surface area contributed by atoms with Crippen LogP contribution in [-0.4, -0.2) is 192 Å². The van der Waals surface area contributed by atoms with E-state index in [0.29, 0.717) is 30.4 Å². The average Bonchev–Trinajstić information content (AvgIpc) is 1.60. The van der Waals surface area contributed by atoms with Crippen molar-refractivity contribution >= 4 is 53.7 Å². The summed E-state index contributed by atoms with van der Waals surface area (Å²) in [4.78, 5) is 114. The van der Waals surface area contributed by atoms with Gasteiger partial charge in [0.1, 0.15) is 16.8 Å². The maximum Gasteiger partial charge on any atom is 0.334 e. The highest BCUT2D eigenvalue weighted by Gasteiger charge is 2.69. The molecule has 0 saturated carbocycles. The molecule has 0 aromatic carbocycles. The third-order valence-corrected chi connectivity index (χ3v) is 20.7. The van der Waals surface area contributed by atoms with Crippen LogP contribution in [0.15, 0.2) is 83.6 Å². The summed E-state index contributed by atoms with van der Waals surface area (Å²) < 4.78 is 68.7. The second-order valence-electron chi connectivity index (χ2n) is 29.6. The van der Waals surface area contributed by atoms with Gasteiger partial charge in [0.2, 0.25) is 17.4 Å². The van der Waals surface area contributed by atoms with E-state index >= 15 is 0 Å². The minimum Gasteiger partial charge on any atom is -0.455 e. The molecule has 9 aliphatic rings. The molecule has 0 spiro atoms. The zero-order valence-corrected chi connectivity index (χ0v) is 60.3. The predicted octanol–water partition coefficient (Wildman–Crippen LogP) is 5.71. The fraction of sp³-hybridized carbons (Fsp3) is 0.685. The number of carbonyl (C=O) groups is 9. The van der Waals surface area contributed by atoms with Crippen LogP contribution in [0.2, 0.25) is 0 Å². The van der Waals surface area contributed by atoms with E-state index in [2.05, 4.69) is 19.7 Å². The smallest absolute Gasteiger partial charge is 0.334 e. The highest BCUT2D eigenvalue weighted by atomic mass is 16.7. The van der Waals surface area contributed by atoms with Crippen LogP contribution in [0.5, 0.6) is 0 Å². The van der Waals surface area contributed by atoms with Crippen molar-refractivity contribution in [2.75, 3.05) is 0 Å². The molecule has 0 aromatic rings. The molecule has 9 heterocycles. The van der Waals surface area contributed by atoms with Gasteiger partial charge in [-0.25, -0.2) is 33.6 Å². The molecule has 556 valence electrons. The van der Waals surface area contributed by atoms with Crippen LogP contribution in [0, 0.1) is 47.3 Å². The molecular formula is C73H102O27. The number of rotatable bonds is 13. The molecule has 0 radical (unpaired) electrons. The number of esters is 9. The Kier molecular flexibility index (Phi) is 24.5. The number of hydrogen-bond donors (Lipinski definition) is 6. The highest BCUT2D eigenvalue weighted by molar-refractivity contribution is 5.94. The van der Waals surface area contributed by atoms with Crippen molar-refractivity contribution in [1.82, 2.24) is 0 Å². The quantitative estimate of drug-likeness (QED) is 0.0731. The van der Waals surface area contributed by atoms with E-state index < -0.39 is 203 Å². The molecular weight excluding hydrogens is 1310 g/mol. The molecule has 9 aliphatic heterocycles. The average molecular weight is 1410 g/mol. The summed E-state index contributed by atoms with van der Waals surface area (Å²) in [6.07, 6.45) is -5.27. The van der Waals surface area contributed by atoms with E-state index in [0.717, 1.165) is 0 Å². The Morgan fingerprint density at radius 2 is 0.770 bits per heavy atom. The molecule has 6 N–H and O–H groups in total. The minimum absolute atomic E-state index is 0.00107. The van der Waals surface area contributed by atoms with Crippen molar-refractivity contribution < 1.29 is 131 Å². The largest absolute Gasteiger partial charge is 0.455 e. The Morgan fingerprint density at radius 1 is 0.480 bits per heavy atom. The molecule has 0 aromatic heterocycles. The van der Waals surface area contributed by atoms with Gasteiger partial charge in [0.05, 0.1) is 42.0 Å². The SMILES string of the molecule is C=C1C(=O)O[C@@H]2[C@@H]1[C@H](OC(=O)/C(C)=C\C)[C@@]1(O)O[C@H](C[C@@H]1C)C[C@@](C)(O)[C@H]2OC(=O)/C=C\C.C=C1C(=O)O[C@@H]2[C@@H]1[C@H](OC(=O)/C(C)=C\C)[C@@]1(O)O[C@H](C[C@@H]1C)C[C@@](C)(O)[C@H]2OC(=O)C(C)C.C=C1C(=O)O[C@@H]2[C@@H]1[C@H](OC(=O)/C(C)=C\C)[C@@]1(O)O[C@H](C[C@@H]1C)C[C@@](C)(O)[C@H]2OC(=O)CC(C)C. The van der Waals surface area contributed by atoms with Gasteiger partial charge in [0.25, 0.3) is 0 Å². The van der Waals surface area contributed by atoms with Crippen molar-refractivity contribution in [2.45, 2.75) is 270 Å². The lowest BCUT2D eigenvalue weighted by molar-refractivity contribution is -0.277. The van der Waals surface area contributed by atoms with Crippen LogP contribution in [0.25, 0.3) is 0 Å². The summed E-state index contributed by atoms with van der Waals surface area (Å²) in [6, 6.07) is 0. The first kappa shape index (κ1) is 80.4. The normalized spacial score (nSPS) is 40.8. The van der Waals surface area contributed by atoms with E-state index in [9.17, 15) is 73.8 Å². The van der Waals surface area contributed by atoms with Crippen LogP contribution in [0.4, 0.5) is 0 Å². The summed E-state index contributed by atoms with van der Waals surface area (Å²) in [5.74, 6) is -17.7. The lowest BCUT2D eigenvalue weighted by atomic mass is 9.75. The van der Waals surface area contributed by atoms with Crippen molar-refractivity contribution in [1.29, 1.82) is 0 Å². The van der Waals surface area contributed by atoms with Gasteiger partial charge in [-0.15, -0.1) is 0 Å². The molecule has 27 heteroatoms. The fourth-order valence-corrected chi connectivity index (χ4v) is 14.7. The Bertz CT molecular complexity index is 3350. The first-order valence-corrected chi connectivity index (χ1v) is 34.1. The van der Waals surface area contributed by atoms with E-state index in [4.69, 9.17) is 56.8 Å². The fourth-order valence-electron chi connectivity index (χ4n) is 14.7. The van der Waals surface area contributed by atoms with E-state index in [1.807, 2.05) is 13.8 Å². The lowest BCUT2D eigenvalue weighted by Crippen LogP contribution is -2.58. The Hall–Kier alpha value is -6.95. The van der Waals surface area contributed by atoms with Crippen LogP contribution in [0.3, 0.4) is 0 Å². The first-order valence-electron chi connectivity index (χ1n) is 34.1. The molecule has 27 nitrogen and oxygen atoms in total. The maximum absolute atomic E-state index is 12.8. The van der Waals surface area contributed by atoms with Crippen molar-refractivity contribution in [3.8, 4) is 0 Å². The van der Waals surface area contributed by atoms with Crippen LogP contribution in [-0.2, 0) is 100.0 Å². The van der Waals surface area contributed by atoms with E-state index in [-0.39, 0.29) is 53.9 Å². The summed E-state index contributed by atoms with van der Waals surface area (Å²) in [5.41, 5.74) is -4.36. The van der Waals surface area contributed by atoms with E-state index in [1.54, 1.807) is 101 Å². The number of aliphatic hydroxyl groups is 6. The molecule has 9 fully saturated rings. The van der Waals surface area contributed by atoms with E-state index in [1.165, 1.54) is 32.9 Å². The molecule has 6 bridgehead atoms. The van der Waals surface area contributed by atoms with Crippen molar-refractivity contribution in [3.05, 3.63) is 83.6 Å². The number of hydrogen-bond acceptors (Lipinski definition) is 27. The van der Waals surface area contributed by atoms with Gasteiger partial charge in [-0.2, -0.15) is 0 Å². The Morgan fingerprint density at radius 3 is 1.04 bits per heavy atom. The van der Waals surface area contributed by atoms with Gasteiger partial charge in [0, 0.05) is 83.0 Å². The second-order valence-corrected chi connectivity index (χ2v) is 29.6. The zero-order valence-electron chi connectivity index (χ0n) is 60.3. The number of fused-ring (bicyclic) bond motifs is 9. The number of ether oxygens (including phenoxy) is 12. The van der Waals surface area contributed by atoms with Gasteiger partial charge < -0.3 is 87.5 Å². The first-order chi connectivity index (χ1) is 46.3. The van der Waals surface area contributed by atoms with Gasteiger partial charge in [0.15, 0.2) is 54.9 Å². The summed E-state index contributed by atoms with van der Waals surface area (Å²) in [6.45, 7) is 39.4. The molecule has 9 rings (SSSR count). The third kappa shape index (κ3) is 16.1. The van der Waals surface area contributed by atoms with Gasteiger partial charge in [-0.05, 0) is 94.4 Å². The Balaban J connectivity index is 0.000000211. The van der Waals surface area contributed by atoms with Crippen molar-refractivity contribution in [3.63, 3.8) is 0 Å². The van der Waals surface area contributed by atoms with Gasteiger partial charge in [-0.3, -0.25) is 9.59 Å². The van der Waals surface area contributed by atoms with Gasteiger partial charge >= 0.3 is 53.7 Å². The summed E-state index contributed by atoms with van der Waals surface area (Å²) in [5, 5.41) is 69.2.